The molecule has 158 valence electrons. The number of hydrogen-bond acceptors (Lipinski definition) is 6. The van der Waals surface area contributed by atoms with Gasteiger partial charge in [-0.2, -0.15) is 0 Å². The summed E-state index contributed by atoms with van der Waals surface area (Å²) in [6.07, 6.45) is 4.09. The highest BCUT2D eigenvalue weighted by Crippen LogP contribution is 2.28. The summed E-state index contributed by atoms with van der Waals surface area (Å²) in [6.45, 7) is 4.77. The number of aryl methyl sites for hydroxylation is 1. The maximum atomic E-state index is 12.5. The molecule has 1 aromatic carbocycles. The van der Waals surface area contributed by atoms with Gasteiger partial charge in [-0.05, 0) is 62.0 Å². The monoisotopic (exact) mass is 461 g/mol. The Kier molecular flexibility index (Phi) is 7.09. The number of hydrogen-bond donors (Lipinski definition) is 1. The quantitative estimate of drug-likeness (QED) is 0.505. The fourth-order valence-electron chi connectivity index (χ4n) is 3.57. The Morgan fingerprint density at radius 1 is 1.33 bits per heavy atom. The topological polar surface area (TPSA) is 63.1 Å². The minimum absolute atomic E-state index is 0.00255. The third-order valence-corrected chi connectivity index (χ3v) is 7.55. The lowest BCUT2D eigenvalue weighted by atomic mass is 10.2. The summed E-state index contributed by atoms with van der Waals surface area (Å²) >= 11 is 9.37. The van der Waals surface area contributed by atoms with E-state index in [0.717, 1.165) is 24.3 Å². The smallest absolute Gasteiger partial charge is 0.230 e. The fraction of sp³-hybridized carbons (Fsp3) is 0.381. The van der Waals surface area contributed by atoms with E-state index in [0.29, 0.717) is 16.7 Å². The molecule has 3 heterocycles. The summed E-state index contributed by atoms with van der Waals surface area (Å²) in [4.78, 5) is 16.3. The summed E-state index contributed by atoms with van der Waals surface area (Å²) in [7, 11) is 0. The Hall–Kier alpha value is -1.87. The molecular formula is C21H24ClN5OS2. The van der Waals surface area contributed by atoms with E-state index in [9.17, 15) is 4.79 Å². The van der Waals surface area contributed by atoms with Crippen LogP contribution >= 0.6 is 34.7 Å². The third kappa shape index (κ3) is 5.06. The summed E-state index contributed by atoms with van der Waals surface area (Å²) in [5.41, 5.74) is 1.89. The minimum atomic E-state index is -0.00255. The van der Waals surface area contributed by atoms with Crippen molar-refractivity contribution in [1.82, 2.24) is 25.0 Å². The molecule has 30 heavy (non-hydrogen) atoms. The van der Waals surface area contributed by atoms with Gasteiger partial charge in [0.15, 0.2) is 5.16 Å². The van der Waals surface area contributed by atoms with E-state index < -0.39 is 0 Å². The van der Waals surface area contributed by atoms with Crippen LogP contribution in [0, 0.1) is 6.92 Å². The van der Waals surface area contributed by atoms with Crippen molar-refractivity contribution >= 4 is 40.6 Å². The number of thioether (sulfide) groups is 1. The molecule has 1 N–H and O–H groups in total. The number of nitrogens with zero attached hydrogens (tertiary/aromatic N) is 4. The second-order valence-electron chi connectivity index (χ2n) is 7.28. The molecule has 1 fully saturated rings. The zero-order chi connectivity index (χ0) is 20.9. The van der Waals surface area contributed by atoms with Crippen LogP contribution in [-0.2, 0) is 4.79 Å². The van der Waals surface area contributed by atoms with Crippen molar-refractivity contribution in [2.24, 2.45) is 0 Å². The van der Waals surface area contributed by atoms with Crippen LogP contribution < -0.4 is 5.32 Å². The van der Waals surface area contributed by atoms with E-state index in [-0.39, 0.29) is 17.7 Å². The minimum Gasteiger partial charge on any atom is -0.353 e. The number of halogens is 1. The predicted octanol–water partition coefficient (Wildman–Crippen LogP) is 4.34. The van der Waals surface area contributed by atoms with Gasteiger partial charge in [0, 0.05) is 16.4 Å². The molecule has 1 saturated heterocycles. The van der Waals surface area contributed by atoms with Crippen LogP contribution in [0.15, 0.2) is 47.2 Å². The molecule has 0 spiro atoms. The molecule has 9 heteroatoms. The number of benzene rings is 1. The number of likely N-dealkylation sites (tertiary alicyclic amines) is 1. The van der Waals surface area contributed by atoms with E-state index in [1.54, 1.807) is 17.7 Å². The van der Waals surface area contributed by atoms with Gasteiger partial charge in [-0.3, -0.25) is 14.3 Å². The second-order valence-corrected chi connectivity index (χ2v) is 9.61. The summed E-state index contributed by atoms with van der Waals surface area (Å²) < 4.78 is 1.85. The van der Waals surface area contributed by atoms with Gasteiger partial charge in [0.1, 0.15) is 6.33 Å². The van der Waals surface area contributed by atoms with Crippen molar-refractivity contribution in [1.29, 1.82) is 0 Å². The molecule has 0 aliphatic carbocycles. The van der Waals surface area contributed by atoms with Crippen LogP contribution in [0.4, 0.5) is 0 Å². The molecule has 0 saturated carbocycles. The predicted molar refractivity (Wildman–Crippen MR) is 123 cm³/mol. The lowest BCUT2D eigenvalue weighted by Crippen LogP contribution is -2.37. The SMILES string of the molecule is Cc1ccc(-n2cnnc2SCC(=O)NCC(c2cccs2)N2CCCC2)cc1Cl. The Morgan fingerprint density at radius 2 is 2.17 bits per heavy atom. The zero-order valence-corrected chi connectivity index (χ0v) is 19.1. The first kappa shape index (κ1) is 21.4. The molecular weight excluding hydrogens is 438 g/mol. The second kappa shape index (κ2) is 9.96. The van der Waals surface area contributed by atoms with Gasteiger partial charge in [-0.1, -0.05) is 35.5 Å². The van der Waals surface area contributed by atoms with Gasteiger partial charge in [-0.15, -0.1) is 21.5 Å². The summed E-state index contributed by atoms with van der Waals surface area (Å²) in [5, 5.41) is 14.7. The lowest BCUT2D eigenvalue weighted by molar-refractivity contribution is -0.118. The van der Waals surface area contributed by atoms with Crippen LogP contribution in [0.3, 0.4) is 0 Å². The van der Waals surface area contributed by atoms with Crippen LogP contribution in [-0.4, -0.2) is 51.0 Å². The van der Waals surface area contributed by atoms with E-state index in [2.05, 4.69) is 37.9 Å². The highest BCUT2D eigenvalue weighted by molar-refractivity contribution is 7.99. The average molecular weight is 462 g/mol. The molecule has 1 aliphatic heterocycles. The third-order valence-electron chi connectivity index (χ3n) is 5.23. The maximum Gasteiger partial charge on any atom is 0.230 e. The lowest BCUT2D eigenvalue weighted by Gasteiger charge is -2.26. The number of thiophene rings is 1. The van der Waals surface area contributed by atoms with Gasteiger partial charge in [0.05, 0.1) is 17.5 Å². The van der Waals surface area contributed by atoms with Crippen molar-refractivity contribution in [2.45, 2.75) is 31.0 Å². The fourth-order valence-corrected chi connectivity index (χ4v) is 5.36. The molecule has 1 amide bonds. The number of carbonyl (C=O) groups excluding carboxylic acids is 1. The maximum absolute atomic E-state index is 12.5. The van der Waals surface area contributed by atoms with Crippen LogP contribution in [0.5, 0.6) is 0 Å². The van der Waals surface area contributed by atoms with Crippen LogP contribution in [0.25, 0.3) is 5.69 Å². The standard InChI is InChI=1S/C21H24ClN5OS2/c1-15-6-7-16(11-17(15)22)27-14-24-25-21(27)30-13-20(28)23-12-18(19-5-4-10-29-19)26-8-2-3-9-26/h4-7,10-11,14,18H,2-3,8-9,12-13H2,1H3,(H,23,28). The molecule has 0 radical (unpaired) electrons. The van der Waals surface area contributed by atoms with Crippen molar-refractivity contribution in [2.75, 3.05) is 25.4 Å². The molecule has 1 atom stereocenters. The average Bonchev–Trinajstić information content (AvgIpc) is 3.51. The molecule has 1 unspecified atom stereocenters. The van der Waals surface area contributed by atoms with E-state index in [1.807, 2.05) is 29.7 Å². The molecule has 2 aromatic heterocycles. The normalized spacial score (nSPS) is 15.4. The van der Waals surface area contributed by atoms with Crippen molar-refractivity contribution in [3.63, 3.8) is 0 Å². The van der Waals surface area contributed by atoms with Gasteiger partial charge < -0.3 is 5.32 Å². The summed E-state index contributed by atoms with van der Waals surface area (Å²) in [5.74, 6) is 0.285. The van der Waals surface area contributed by atoms with Crippen molar-refractivity contribution in [3.05, 3.63) is 57.5 Å². The van der Waals surface area contributed by atoms with Crippen molar-refractivity contribution < 1.29 is 4.79 Å². The molecule has 0 bridgehead atoms. The number of aromatic nitrogens is 3. The first-order valence-corrected chi connectivity index (χ1v) is 12.2. The molecule has 6 nitrogen and oxygen atoms in total. The largest absolute Gasteiger partial charge is 0.353 e. The van der Waals surface area contributed by atoms with Gasteiger partial charge in [0.2, 0.25) is 5.91 Å². The zero-order valence-electron chi connectivity index (χ0n) is 16.8. The number of nitrogens with one attached hydrogen (secondary N) is 1. The molecule has 4 rings (SSSR count). The van der Waals surface area contributed by atoms with Gasteiger partial charge >= 0.3 is 0 Å². The first-order valence-electron chi connectivity index (χ1n) is 9.95. The highest BCUT2D eigenvalue weighted by Gasteiger charge is 2.24. The number of rotatable bonds is 8. The Balaban J connectivity index is 1.35. The van der Waals surface area contributed by atoms with Gasteiger partial charge in [-0.25, -0.2) is 0 Å². The van der Waals surface area contributed by atoms with Crippen LogP contribution in [0.2, 0.25) is 5.02 Å². The highest BCUT2D eigenvalue weighted by atomic mass is 35.5. The van der Waals surface area contributed by atoms with E-state index in [1.165, 1.54) is 29.5 Å². The molecule has 1 aliphatic rings. The Morgan fingerprint density at radius 3 is 2.90 bits per heavy atom. The number of amides is 1. The first-order chi connectivity index (χ1) is 14.6. The van der Waals surface area contributed by atoms with Crippen molar-refractivity contribution in [3.8, 4) is 5.69 Å². The van der Waals surface area contributed by atoms with Crippen LogP contribution in [0.1, 0.15) is 29.3 Å². The Bertz CT molecular complexity index is 985. The Labute approximate surface area is 189 Å². The van der Waals surface area contributed by atoms with E-state index >= 15 is 0 Å². The summed E-state index contributed by atoms with van der Waals surface area (Å²) in [6, 6.07) is 10.3. The van der Waals surface area contributed by atoms with Gasteiger partial charge in [0.25, 0.3) is 0 Å². The molecule has 3 aromatic rings. The number of carbonyl (C=O) groups is 1. The van der Waals surface area contributed by atoms with E-state index in [4.69, 9.17) is 11.6 Å².